The topological polar surface area (TPSA) is 106 Å². The quantitative estimate of drug-likeness (QED) is 0.399. The highest BCUT2D eigenvalue weighted by atomic mass is 79.9. The number of hydrogen-bond acceptors (Lipinski definition) is 6. The lowest BCUT2D eigenvalue weighted by Crippen LogP contribution is -2.32. The Morgan fingerprint density at radius 3 is 2.49 bits per heavy atom. The number of carbonyl (C=O) groups is 3. The van der Waals surface area contributed by atoms with E-state index in [9.17, 15) is 14.4 Å². The summed E-state index contributed by atoms with van der Waals surface area (Å²) in [4.78, 5) is 39.5. The first-order valence-corrected chi connectivity index (χ1v) is 13.3. The smallest absolute Gasteiger partial charge is 0.262 e. The van der Waals surface area contributed by atoms with Crippen LogP contribution in [-0.2, 0) is 20.9 Å². The van der Waals surface area contributed by atoms with Crippen LogP contribution in [0, 0.1) is 19.8 Å². The number of ether oxygens (including phenoxy) is 3. The fraction of sp³-hybridized carbons (Fsp3) is 0.276. The van der Waals surface area contributed by atoms with Gasteiger partial charge in [0.1, 0.15) is 5.75 Å². The van der Waals surface area contributed by atoms with Crippen molar-refractivity contribution in [2.24, 2.45) is 5.92 Å². The van der Waals surface area contributed by atoms with Crippen LogP contribution in [0.1, 0.15) is 23.1 Å². The van der Waals surface area contributed by atoms with Crippen molar-refractivity contribution in [3.05, 3.63) is 75.8 Å². The van der Waals surface area contributed by atoms with Gasteiger partial charge in [-0.05, 0) is 79.1 Å². The molecule has 3 aromatic rings. The molecule has 1 saturated heterocycles. The maximum atomic E-state index is 12.8. The molecule has 3 amide bonds. The summed E-state index contributed by atoms with van der Waals surface area (Å²) in [5.74, 6) is 0.841. The summed E-state index contributed by atoms with van der Waals surface area (Å²) in [5, 5.41) is 5.81. The van der Waals surface area contributed by atoms with E-state index in [4.69, 9.17) is 14.2 Å². The molecule has 10 heteroatoms. The second-order valence-electron chi connectivity index (χ2n) is 9.56. The summed E-state index contributed by atoms with van der Waals surface area (Å²) < 4.78 is 17.3. The van der Waals surface area contributed by atoms with Gasteiger partial charge in [-0.25, -0.2) is 0 Å². The second-order valence-corrected chi connectivity index (χ2v) is 10.5. The summed E-state index contributed by atoms with van der Waals surface area (Å²) in [7, 11) is 0. The Kier molecular flexibility index (Phi) is 7.74. The number of nitrogens with one attached hydrogen (secondary N) is 2. The zero-order valence-corrected chi connectivity index (χ0v) is 23.2. The molecule has 3 aromatic carbocycles. The molecule has 2 aliphatic heterocycles. The van der Waals surface area contributed by atoms with E-state index in [1.807, 2.05) is 44.2 Å². The minimum absolute atomic E-state index is 0.119. The van der Waals surface area contributed by atoms with Crippen LogP contribution in [-0.4, -0.2) is 37.7 Å². The van der Waals surface area contributed by atoms with E-state index in [2.05, 4.69) is 26.6 Å². The normalized spacial score (nSPS) is 15.8. The predicted octanol–water partition coefficient (Wildman–Crippen LogP) is 4.48. The van der Waals surface area contributed by atoms with Gasteiger partial charge in [0.15, 0.2) is 18.1 Å². The van der Waals surface area contributed by atoms with Gasteiger partial charge in [0.2, 0.25) is 18.6 Å². The first kappa shape index (κ1) is 26.6. The lowest BCUT2D eigenvalue weighted by atomic mass is 10.1. The number of aryl methyl sites for hydroxylation is 2. The summed E-state index contributed by atoms with van der Waals surface area (Å²) in [6.07, 6.45) is 0.139. The maximum absolute atomic E-state index is 12.8. The molecule has 202 valence electrons. The summed E-state index contributed by atoms with van der Waals surface area (Å²) in [5.41, 5.74) is 4.23. The molecule has 1 fully saturated rings. The molecule has 0 aromatic heterocycles. The molecular formula is C29H28BrN3O6. The zero-order chi connectivity index (χ0) is 27.5. The van der Waals surface area contributed by atoms with E-state index in [0.717, 1.165) is 26.9 Å². The lowest BCUT2D eigenvalue weighted by Gasteiger charge is -2.17. The van der Waals surface area contributed by atoms with Crippen molar-refractivity contribution in [2.45, 2.75) is 26.8 Å². The molecule has 0 aliphatic carbocycles. The molecule has 0 spiro atoms. The van der Waals surface area contributed by atoms with Gasteiger partial charge in [0, 0.05) is 35.4 Å². The Morgan fingerprint density at radius 2 is 1.74 bits per heavy atom. The Morgan fingerprint density at radius 1 is 1.03 bits per heavy atom. The molecule has 2 N–H and O–H groups in total. The van der Waals surface area contributed by atoms with Gasteiger partial charge in [-0.2, -0.15) is 0 Å². The van der Waals surface area contributed by atoms with Crippen LogP contribution < -0.4 is 29.7 Å². The summed E-state index contributed by atoms with van der Waals surface area (Å²) >= 11 is 3.45. The lowest BCUT2D eigenvalue weighted by molar-refractivity contribution is -0.126. The number of carbonyl (C=O) groups excluding carboxylic acids is 3. The maximum Gasteiger partial charge on any atom is 0.262 e. The van der Waals surface area contributed by atoms with Crippen molar-refractivity contribution in [1.29, 1.82) is 0 Å². The Labute approximate surface area is 234 Å². The van der Waals surface area contributed by atoms with Crippen molar-refractivity contribution in [3.8, 4) is 17.2 Å². The van der Waals surface area contributed by atoms with Gasteiger partial charge in [0.05, 0.1) is 5.92 Å². The van der Waals surface area contributed by atoms with Crippen LogP contribution in [0.2, 0.25) is 0 Å². The van der Waals surface area contributed by atoms with Crippen LogP contribution >= 0.6 is 15.9 Å². The number of halogens is 1. The van der Waals surface area contributed by atoms with E-state index >= 15 is 0 Å². The monoisotopic (exact) mass is 593 g/mol. The molecular weight excluding hydrogens is 566 g/mol. The number of anilines is 2. The number of rotatable bonds is 8. The standard InChI is InChI=1S/C29H28BrN3O6/c1-17-9-21(30)10-18(2)28(17)32-26(34)15-37-23-6-4-22(5-7-23)33-14-20(12-27(33)35)29(36)31-13-19-3-8-24-25(11-19)39-16-38-24/h3-11,20H,12-16H2,1-2H3,(H,31,36)(H,32,34)/t20-/m1/s1. The first-order valence-electron chi connectivity index (χ1n) is 12.5. The average molecular weight is 594 g/mol. The molecule has 0 radical (unpaired) electrons. The molecule has 0 unspecified atom stereocenters. The van der Waals surface area contributed by atoms with Crippen LogP contribution in [0.25, 0.3) is 0 Å². The highest BCUT2D eigenvalue weighted by molar-refractivity contribution is 9.10. The van der Waals surface area contributed by atoms with Crippen molar-refractivity contribution in [2.75, 3.05) is 30.2 Å². The number of amides is 3. The molecule has 5 rings (SSSR count). The van der Waals surface area contributed by atoms with Crippen LogP contribution in [0.5, 0.6) is 17.2 Å². The van der Waals surface area contributed by atoms with Crippen molar-refractivity contribution in [1.82, 2.24) is 5.32 Å². The predicted molar refractivity (Wildman–Crippen MR) is 149 cm³/mol. The van der Waals surface area contributed by atoms with Crippen molar-refractivity contribution in [3.63, 3.8) is 0 Å². The van der Waals surface area contributed by atoms with Crippen LogP contribution in [0.15, 0.2) is 59.1 Å². The largest absolute Gasteiger partial charge is 0.484 e. The van der Waals surface area contributed by atoms with Crippen molar-refractivity contribution < 1.29 is 28.6 Å². The molecule has 2 heterocycles. The highest BCUT2D eigenvalue weighted by Gasteiger charge is 2.35. The van der Waals surface area contributed by atoms with Gasteiger partial charge < -0.3 is 29.7 Å². The SMILES string of the molecule is Cc1cc(Br)cc(C)c1NC(=O)COc1ccc(N2C[C@H](C(=O)NCc3ccc4c(c3)OCO4)CC2=O)cc1. The first-order chi connectivity index (χ1) is 18.8. The van der Waals surface area contributed by atoms with Gasteiger partial charge in [-0.1, -0.05) is 22.0 Å². The third kappa shape index (κ3) is 6.17. The Balaban J connectivity index is 1.11. The van der Waals surface area contributed by atoms with Crippen LogP contribution in [0.4, 0.5) is 11.4 Å². The molecule has 39 heavy (non-hydrogen) atoms. The Bertz CT molecular complexity index is 1400. The second kappa shape index (κ2) is 11.4. The van der Waals surface area contributed by atoms with E-state index in [1.54, 1.807) is 29.2 Å². The van der Waals surface area contributed by atoms with Crippen molar-refractivity contribution >= 4 is 45.0 Å². The zero-order valence-electron chi connectivity index (χ0n) is 21.6. The van der Waals surface area contributed by atoms with E-state index in [0.29, 0.717) is 36.0 Å². The summed E-state index contributed by atoms with van der Waals surface area (Å²) in [6, 6.07) is 16.3. The van der Waals surface area contributed by atoms with Gasteiger partial charge in [-0.3, -0.25) is 14.4 Å². The molecule has 2 aliphatic rings. The number of hydrogen-bond donors (Lipinski definition) is 2. The summed E-state index contributed by atoms with van der Waals surface area (Å²) in [6.45, 7) is 4.53. The average Bonchev–Trinajstić information content (AvgIpc) is 3.54. The number of benzene rings is 3. The van der Waals surface area contributed by atoms with Gasteiger partial charge >= 0.3 is 0 Å². The fourth-order valence-corrected chi connectivity index (χ4v) is 5.36. The number of nitrogens with zero attached hydrogens (tertiary/aromatic N) is 1. The minimum Gasteiger partial charge on any atom is -0.484 e. The highest BCUT2D eigenvalue weighted by Crippen LogP contribution is 2.33. The van der Waals surface area contributed by atoms with E-state index in [-0.39, 0.29) is 37.5 Å². The third-order valence-electron chi connectivity index (χ3n) is 6.68. The van der Waals surface area contributed by atoms with Crippen LogP contribution in [0.3, 0.4) is 0 Å². The molecule has 0 bridgehead atoms. The van der Waals surface area contributed by atoms with E-state index < -0.39 is 5.92 Å². The Hall–Kier alpha value is -4.05. The third-order valence-corrected chi connectivity index (χ3v) is 7.14. The molecule has 9 nitrogen and oxygen atoms in total. The molecule has 0 saturated carbocycles. The molecule has 1 atom stereocenters. The van der Waals surface area contributed by atoms with Gasteiger partial charge in [0.25, 0.3) is 5.91 Å². The minimum atomic E-state index is -0.448. The fourth-order valence-electron chi connectivity index (χ4n) is 4.67. The van der Waals surface area contributed by atoms with Gasteiger partial charge in [-0.15, -0.1) is 0 Å². The number of fused-ring (bicyclic) bond motifs is 1. The van der Waals surface area contributed by atoms with E-state index in [1.165, 1.54) is 0 Å².